The van der Waals surface area contributed by atoms with Crippen molar-refractivity contribution in [2.45, 2.75) is 45.6 Å². The summed E-state index contributed by atoms with van der Waals surface area (Å²) >= 11 is 0. The molecule has 2 heterocycles. The molecule has 0 saturated carbocycles. The number of aromatic nitrogens is 2. The molecule has 176 valence electrons. The summed E-state index contributed by atoms with van der Waals surface area (Å²) in [5.74, 6) is 1.69. The van der Waals surface area contributed by atoms with Gasteiger partial charge in [0.25, 0.3) is 6.43 Å². The van der Waals surface area contributed by atoms with Crippen LogP contribution in [0.25, 0.3) is 10.9 Å². The van der Waals surface area contributed by atoms with Crippen LogP contribution in [0.15, 0.2) is 30.3 Å². The van der Waals surface area contributed by atoms with Gasteiger partial charge >= 0.3 is 0 Å². The van der Waals surface area contributed by atoms with Crippen molar-refractivity contribution in [2.75, 3.05) is 30.5 Å². The molecule has 1 atom stereocenters. The highest BCUT2D eigenvalue weighted by molar-refractivity contribution is 7.71. The maximum atomic E-state index is 13.8. The number of alkyl halides is 2. The lowest BCUT2D eigenvalue weighted by Gasteiger charge is -2.25. The Bertz CT molecular complexity index is 1220. The first-order valence-electron chi connectivity index (χ1n) is 11.1. The predicted molar refractivity (Wildman–Crippen MR) is 130 cm³/mol. The van der Waals surface area contributed by atoms with Gasteiger partial charge in [0.2, 0.25) is 0 Å². The fourth-order valence-corrected chi connectivity index (χ4v) is 7.58. The van der Waals surface area contributed by atoms with Crippen LogP contribution in [-0.2, 0) is 4.57 Å². The number of fused-ring (bicyclic) bond motifs is 1. The molecule has 0 unspecified atom stereocenters. The van der Waals surface area contributed by atoms with Crippen molar-refractivity contribution in [3.8, 4) is 5.75 Å². The van der Waals surface area contributed by atoms with E-state index in [0.29, 0.717) is 40.8 Å². The number of hydrogen-bond donors (Lipinski definition) is 2. The second-order valence-electron chi connectivity index (χ2n) is 8.66. The molecule has 3 N–H and O–H groups in total. The Labute approximate surface area is 192 Å². The molecule has 1 aliphatic rings. The smallest absolute Gasteiger partial charge is 0.263 e. The van der Waals surface area contributed by atoms with Crippen LogP contribution < -0.4 is 21.1 Å². The van der Waals surface area contributed by atoms with Crippen LogP contribution >= 0.6 is 7.14 Å². The van der Waals surface area contributed by atoms with Crippen LogP contribution in [0, 0.1) is 6.92 Å². The van der Waals surface area contributed by atoms with Crippen molar-refractivity contribution in [3.63, 3.8) is 0 Å². The highest BCUT2D eigenvalue weighted by Crippen LogP contribution is 2.52. The summed E-state index contributed by atoms with van der Waals surface area (Å²) in [6, 6.07) is 7.76. The van der Waals surface area contributed by atoms with Crippen molar-refractivity contribution in [1.82, 2.24) is 9.97 Å². The van der Waals surface area contributed by atoms with Crippen molar-refractivity contribution in [1.29, 1.82) is 0 Å². The minimum absolute atomic E-state index is 0.121. The minimum Gasteiger partial charge on any atom is -0.496 e. The number of aryl methyl sites for hydroxylation is 1. The number of anilines is 2. The van der Waals surface area contributed by atoms with Gasteiger partial charge in [0.1, 0.15) is 24.5 Å². The zero-order chi connectivity index (χ0) is 23.8. The van der Waals surface area contributed by atoms with E-state index in [-0.39, 0.29) is 17.3 Å². The Kier molecular flexibility index (Phi) is 6.57. The van der Waals surface area contributed by atoms with Gasteiger partial charge in [-0.25, -0.2) is 18.7 Å². The lowest BCUT2D eigenvalue weighted by atomic mass is 10.0. The molecule has 4 rings (SSSR count). The summed E-state index contributed by atoms with van der Waals surface area (Å²) in [6.45, 7) is 3.65. The standard InChI is InChI=1S/C24H29F2N4O2P/c1-14(16-9-17(23(25)26)11-18(27)10-16)28-24-19-12-22(33(31)7-5-4-6-8-33)21(32-3)13-20(19)29-15(2)30-24/h9-14,23H,4-8,27H2,1-3H3,(H,28,29,30)/t14-/m1/s1. The minimum atomic E-state index is -2.61. The molecule has 2 aromatic carbocycles. The highest BCUT2D eigenvalue weighted by Gasteiger charge is 2.31. The highest BCUT2D eigenvalue weighted by atomic mass is 31.2. The third-order valence-electron chi connectivity index (χ3n) is 6.19. The molecule has 1 aromatic heterocycles. The molecule has 0 amide bonds. The first kappa shape index (κ1) is 23.4. The maximum Gasteiger partial charge on any atom is 0.263 e. The van der Waals surface area contributed by atoms with Crippen LogP contribution in [0.5, 0.6) is 5.75 Å². The molecule has 1 saturated heterocycles. The van der Waals surface area contributed by atoms with Crippen LogP contribution in [0.2, 0.25) is 0 Å². The largest absolute Gasteiger partial charge is 0.496 e. The average molecular weight is 474 g/mol. The van der Waals surface area contributed by atoms with Gasteiger partial charge < -0.3 is 20.4 Å². The van der Waals surface area contributed by atoms with E-state index in [2.05, 4.69) is 15.3 Å². The molecule has 0 spiro atoms. The van der Waals surface area contributed by atoms with Gasteiger partial charge in [-0.2, -0.15) is 0 Å². The Morgan fingerprint density at radius 2 is 1.76 bits per heavy atom. The first-order valence-corrected chi connectivity index (χ1v) is 13.2. The normalized spacial score (nSPS) is 16.7. The summed E-state index contributed by atoms with van der Waals surface area (Å²) in [7, 11) is -1.00. The van der Waals surface area contributed by atoms with Gasteiger partial charge in [0.05, 0.1) is 24.0 Å². The number of nitrogens with zero attached hydrogens (tertiary/aromatic N) is 2. The molecule has 6 nitrogen and oxygen atoms in total. The molecule has 3 aromatic rings. The van der Waals surface area contributed by atoms with E-state index in [1.54, 1.807) is 20.1 Å². The summed E-state index contributed by atoms with van der Waals surface area (Å²) in [6.07, 6.45) is 1.69. The number of rotatable bonds is 6. The van der Waals surface area contributed by atoms with Crippen molar-refractivity contribution in [2.24, 2.45) is 0 Å². The molecule has 0 radical (unpaired) electrons. The average Bonchev–Trinajstić information content (AvgIpc) is 2.78. The fraction of sp³-hybridized carbons (Fsp3) is 0.417. The van der Waals surface area contributed by atoms with E-state index in [1.165, 1.54) is 12.1 Å². The molecular formula is C24H29F2N4O2P. The Balaban J connectivity index is 1.79. The number of hydrogen-bond acceptors (Lipinski definition) is 6. The number of nitrogen functional groups attached to an aromatic ring is 1. The van der Waals surface area contributed by atoms with E-state index >= 15 is 0 Å². The van der Waals surface area contributed by atoms with Gasteiger partial charge in [-0.1, -0.05) is 6.42 Å². The quantitative estimate of drug-likeness (QED) is 0.346. The summed E-state index contributed by atoms with van der Waals surface area (Å²) in [4.78, 5) is 9.12. The number of nitrogens with two attached hydrogens (primary N) is 1. The number of halogens is 2. The van der Waals surface area contributed by atoms with E-state index < -0.39 is 13.6 Å². The lowest BCUT2D eigenvalue weighted by molar-refractivity contribution is 0.151. The van der Waals surface area contributed by atoms with Gasteiger partial charge in [-0.05, 0) is 56.5 Å². The number of ether oxygens (including phenoxy) is 1. The SMILES string of the molecule is COc1cc2nc(C)nc(N[C@H](C)c3cc(N)cc(C(F)F)c3)c2cc1P1(=O)CCCCC1. The second-order valence-corrected chi connectivity index (χ2v) is 11.8. The predicted octanol–water partition coefficient (Wildman–Crippen LogP) is 5.81. The number of nitrogens with one attached hydrogen (secondary N) is 1. The second kappa shape index (κ2) is 9.26. The summed E-state index contributed by atoms with van der Waals surface area (Å²) < 4.78 is 46.0. The Morgan fingerprint density at radius 1 is 1.06 bits per heavy atom. The maximum absolute atomic E-state index is 13.8. The Morgan fingerprint density at radius 3 is 2.42 bits per heavy atom. The fourth-order valence-electron chi connectivity index (χ4n) is 4.48. The van der Waals surface area contributed by atoms with E-state index in [0.717, 1.165) is 30.0 Å². The van der Waals surface area contributed by atoms with E-state index in [4.69, 9.17) is 10.5 Å². The molecular weight excluding hydrogens is 445 g/mol. The topological polar surface area (TPSA) is 90.1 Å². The van der Waals surface area contributed by atoms with Crippen molar-refractivity contribution < 1.29 is 18.1 Å². The lowest BCUT2D eigenvalue weighted by Crippen LogP contribution is -2.18. The van der Waals surface area contributed by atoms with Crippen molar-refractivity contribution >= 4 is 34.9 Å². The third kappa shape index (κ3) is 4.81. The molecule has 0 aliphatic carbocycles. The summed E-state index contributed by atoms with van der Waals surface area (Å²) in [5, 5.41) is 4.78. The first-order chi connectivity index (χ1) is 15.7. The molecule has 1 fully saturated rings. The van der Waals surface area contributed by atoms with Gasteiger partial charge in [0, 0.05) is 35.0 Å². The van der Waals surface area contributed by atoms with Crippen LogP contribution in [-0.4, -0.2) is 29.4 Å². The van der Waals surface area contributed by atoms with Gasteiger partial charge in [-0.3, -0.25) is 0 Å². The molecule has 1 aliphatic heterocycles. The molecule has 9 heteroatoms. The zero-order valence-corrected chi connectivity index (χ0v) is 20.0. The van der Waals surface area contributed by atoms with E-state index in [1.807, 2.05) is 19.1 Å². The van der Waals surface area contributed by atoms with Crippen LogP contribution in [0.1, 0.15) is 55.6 Å². The molecule has 33 heavy (non-hydrogen) atoms. The van der Waals surface area contributed by atoms with Crippen LogP contribution in [0.4, 0.5) is 20.3 Å². The van der Waals surface area contributed by atoms with E-state index in [9.17, 15) is 13.3 Å². The monoisotopic (exact) mass is 474 g/mol. The zero-order valence-electron chi connectivity index (χ0n) is 19.1. The molecule has 0 bridgehead atoms. The summed E-state index contributed by atoms with van der Waals surface area (Å²) in [5.41, 5.74) is 7.32. The van der Waals surface area contributed by atoms with Gasteiger partial charge in [0.15, 0.2) is 0 Å². The van der Waals surface area contributed by atoms with Crippen LogP contribution in [0.3, 0.4) is 0 Å². The number of benzene rings is 2. The Hall–Kier alpha value is -2.73. The van der Waals surface area contributed by atoms with Gasteiger partial charge in [-0.15, -0.1) is 0 Å². The van der Waals surface area contributed by atoms with Crippen molar-refractivity contribution in [3.05, 3.63) is 47.3 Å². The third-order valence-corrected chi connectivity index (χ3v) is 9.50. The number of methoxy groups -OCH3 is 1.